The molecule has 0 saturated carbocycles. The molecule has 0 N–H and O–H groups in total. The van der Waals surface area contributed by atoms with Crippen LogP contribution in [0.2, 0.25) is 0 Å². The van der Waals surface area contributed by atoms with Gasteiger partial charge in [-0.1, -0.05) is 133 Å². The van der Waals surface area contributed by atoms with Gasteiger partial charge in [0.25, 0.3) is 0 Å². The van der Waals surface area contributed by atoms with Crippen molar-refractivity contribution >= 4 is 33.8 Å². The Morgan fingerprint density at radius 1 is 0.579 bits per heavy atom. The first-order chi connectivity index (χ1) is 18.7. The fourth-order valence-corrected chi connectivity index (χ4v) is 9.36. The molecule has 0 bridgehead atoms. The summed E-state index contributed by atoms with van der Waals surface area (Å²) in [5, 5.41) is 5.02. The molecular weight excluding hydrogens is 479 g/mol. The fraction of sp³-hybridized carbons (Fsp3) is 0.0556. The van der Waals surface area contributed by atoms with Crippen LogP contribution in [0.15, 0.2) is 133 Å². The number of fused-ring (bicyclic) bond motifs is 4. The largest absolute Gasteiger partial charge is 0.309 e. The Hall–Kier alpha value is -4.19. The molecule has 0 atom stereocenters. The molecule has 0 spiro atoms. The molecule has 0 saturated heterocycles. The second-order valence-corrected chi connectivity index (χ2v) is 12.8. The maximum Gasteiger partial charge on any atom is 0.171 e. The smallest absolute Gasteiger partial charge is 0.171 e. The highest BCUT2D eigenvalue weighted by molar-refractivity contribution is 7.85. The van der Waals surface area contributed by atoms with Crippen LogP contribution in [0.5, 0.6) is 0 Å². The van der Waals surface area contributed by atoms with Crippen molar-refractivity contribution in [2.24, 2.45) is 0 Å². The summed E-state index contributed by atoms with van der Waals surface area (Å²) in [4.78, 5) is 0. The van der Waals surface area contributed by atoms with E-state index in [1.54, 1.807) is 0 Å². The zero-order valence-electron chi connectivity index (χ0n) is 21.3. The highest BCUT2D eigenvalue weighted by Gasteiger charge is 2.38. The van der Waals surface area contributed by atoms with Crippen molar-refractivity contribution < 1.29 is 4.57 Å². The second kappa shape index (κ2) is 8.98. The molecule has 38 heavy (non-hydrogen) atoms. The summed E-state index contributed by atoms with van der Waals surface area (Å²) >= 11 is 0. The molecule has 2 heteroatoms. The standard InChI is InChI=1S/C36H27OP/c1-25-14-13-23-31-33(25)34(26-15-5-2-6-16-26)35-30-22-12-11-17-27(30)24-32(35)36(31)38(37,28-18-7-3-8-19-28)29-20-9-4-10-21-29/h2-23H,24H2,1H3. The van der Waals surface area contributed by atoms with E-state index in [1.807, 2.05) is 60.7 Å². The number of rotatable bonds is 4. The summed E-state index contributed by atoms with van der Waals surface area (Å²) in [7, 11) is -3.22. The number of hydrogen-bond donors (Lipinski definition) is 0. The van der Waals surface area contributed by atoms with Gasteiger partial charge in [-0.25, -0.2) is 0 Å². The lowest BCUT2D eigenvalue weighted by atomic mass is 9.87. The highest BCUT2D eigenvalue weighted by Crippen LogP contribution is 2.53. The third-order valence-corrected chi connectivity index (χ3v) is 11.1. The summed E-state index contributed by atoms with van der Waals surface area (Å²) in [6.07, 6.45) is 0.772. The maximum absolute atomic E-state index is 15.9. The third-order valence-electron chi connectivity index (χ3n) is 7.89. The Bertz CT molecular complexity index is 1810. The summed E-state index contributed by atoms with van der Waals surface area (Å²) in [5.41, 5.74) is 8.61. The lowest BCUT2D eigenvalue weighted by Gasteiger charge is -2.27. The van der Waals surface area contributed by atoms with E-state index in [2.05, 4.69) is 79.7 Å². The lowest BCUT2D eigenvalue weighted by Crippen LogP contribution is -2.28. The first-order valence-electron chi connectivity index (χ1n) is 13.1. The summed E-state index contributed by atoms with van der Waals surface area (Å²) < 4.78 is 15.9. The molecule has 0 amide bonds. The molecule has 6 aromatic rings. The van der Waals surface area contributed by atoms with Crippen molar-refractivity contribution in [2.45, 2.75) is 13.3 Å². The normalized spacial score (nSPS) is 12.3. The van der Waals surface area contributed by atoms with Crippen LogP contribution in [-0.4, -0.2) is 0 Å². The van der Waals surface area contributed by atoms with Gasteiger partial charge in [0.2, 0.25) is 0 Å². The molecule has 0 aromatic heterocycles. The van der Waals surface area contributed by atoms with Gasteiger partial charge in [-0.15, -0.1) is 0 Å². The quantitative estimate of drug-likeness (QED) is 0.221. The molecule has 0 radical (unpaired) electrons. The van der Waals surface area contributed by atoms with Gasteiger partial charge in [0.1, 0.15) is 0 Å². The summed E-state index contributed by atoms with van der Waals surface area (Å²) in [6.45, 7) is 2.18. The lowest BCUT2D eigenvalue weighted by molar-refractivity contribution is 0.592. The van der Waals surface area contributed by atoms with E-state index >= 15 is 4.57 Å². The topological polar surface area (TPSA) is 17.1 Å². The van der Waals surface area contributed by atoms with Crippen molar-refractivity contribution in [1.29, 1.82) is 0 Å². The van der Waals surface area contributed by atoms with E-state index in [-0.39, 0.29) is 0 Å². The monoisotopic (exact) mass is 506 g/mol. The Balaban J connectivity index is 1.72. The molecule has 1 aliphatic rings. The van der Waals surface area contributed by atoms with E-state index in [9.17, 15) is 0 Å². The SMILES string of the molecule is Cc1cccc2c(P(=O)(c3ccccc3)c3ccccc3)c3c(c(-c4ccccc4)c12)-c1ccccc1C3. The van der Waals surface area contributed by atoms with Gasteiger partial charge in [-0.2, -0.15) is 0 Å². The molecule has 0 fully saturated rings. The van der Waals surface area contributed by atoms with Crippen molar-refractivity contribution in [1.82, 2.24) is 0 Å². The Morgan fingerprint density at radius 3 is 1.82 bits per heavy atom. The molecule has 1 aliphatic carbocycles. The van der Waals surface area contributed by atoms with Gasteiger partial charge in [-0.3, -0.25) is 0 Å². The zero-order chi connectivity index (χ0) is 25.7. The maximum atomic E-state index is 15.9. The van der Waals surface area contributed by atoms with Gasteiger partial charge >= 0.3 is 0 Å². The van der Waals surface area contributed by atoms with Crippen LogP contribution in [0.3, 0.4) is 0 Å². The fourth-order valence-electron chi connectivity index (χ4n) is 6.27. The Labute approximate surface area is 223 Å². The summed E-state index contributed by atoms with van der Waals surface area (Å²) in [6, 6.07) is 46.1. The molecule has 6 aromatic carbocycles. The van der Waals surface area contributed by atoms with E-state index in [4.69, 9.17) is 0 Å². The van der Waals surface area contributed by atoms with E-state index in [0.29, 0.717) is 0 Å². The zero-order valence-corrected chi connectivity index (χ0v) is 22.2. The van der Waals surface area contributed by atoms with Crippen molar-refractivity contribution in [3.8, 4) is 22.3 Å². The molecule has 182 valence electrons. The molecule has 7 rings (SSSR count). The van der Waals surface area contributed by atoms with Crippen molar-refractivity contribution in [3.63, 3.8) is 0 Å². The van der Waals surface area contributed by atoms with Gasteiger partial charge < -0.3 is 4.57 Å². The molecule has 1 nitrogen and oxygen atoms in total. The van der Waals surface area contributed by atoms with Crippen molar-refractivity contribution in [2.75, 3.05) is 0 Å². The van der Waals surface area contributed by atoms with Gasteiger partial charge in [0.15, 0.2) is 7.14 Å². The minimum absolute atomic E-state index is 0.772. The van der Waals surface area contributed by atoms with Gasteiger partial charge in [0, 0.05) is 15.9 Å². The average molecular weight is 507 g/mol. The predicted molar refractivity (Wildman–Crippen MR) is 162 cm³/mol. The molecule has 0 heterocycles. The van der Waals surface area contributed by atoms with Crippen LogP contribution in [0.4, 0.5) is 0 Å². The van der Waals surface area contributed by atoms with Gasteiger partial charge in [0.05, 0.1) is 0 Å². The van der Waals surface area contributed by atoms with Crippen LogP contribution in [0.25, 0.3) is 33.0 Å². The van der Waals surface area contributed by atoms with Crippen LogP contribution < -0.4 is 15.9 Å². The minimum atomic E-state index is -3.22. The van der Waals surface area contributed by atoms with E-state index in [0.717, 1.165) is 27.7 Å². The highest BCUT2D eigenvalue weighted by atomic mass is 31.2. The number of benzene rings is 6. The summed E-state index contributed by atoms with van der Waals surface area (Å²) in [5.74, 6) is 0. The average Bonchev–Trinajstić information content (AvgIpc) is 3.36. The number of hydrogen-bond acceptors (Lipinski definition) is 1. The Kier molecular flexibility index (Phi) is 5.43. The van der Waals surface area contributed by atoms with Crippen LogP contribution in [-0.2, 0) is 11.0 Å². The van der Waals surface area contributed by atoms with Crippen LogP contribution in [0, 0.1) is 6.92 Å². The van der Waals surface area contributed by atoms with Crippen LogP contribution in [0.1, 0.15) is 16.7 Å². The van der Waals surface area contributed by atoms with Crippen LogP contribution >= 0.6 is 7.14 Å². The molecule has 0 unspecified atom stereocenters. The van der Waals surface area contributed by atoms with Gasteiger partial charge in [-0.05, 0) is 63.1 Å². The molecule has 0 aliphatic heterocycles. The minimum Gasteiger partial charge on any atom is -0.309 e. The number of aryl methyl sites for hydroxylation is 1. The first-order valence-corrected chi connectivity index (χ1v) is 14.8. The second-order valence-electron chi connectivity index (χ2n) is 10.1. The van der Waals surface area contributed by atoms with E-state index in [1.165, 1.54) is 44.3 Å². The van der Waals surface area contributed by atoms with Crippen molar-refractivity contribution in [3.05, 3.63) is 150 Å². The first kappa shape index (κ1) is 23.0. The molecular formula is C36H27OP. The predicted octanol–water partition coefficient (Wildman–Crippen LogP) is 8.03. The Morgan fingerprint density at radius 2 is 1.16 bits per heavy atom. The van der Waals surface area contributed by atoms with E-state index < -0.39 is 7.14 Å². The third kappa shape index (κ3) is 3.36.